The number of H-pyrrole nitrogens is 1. The molecule has 3 aromatic rings. The predicted molar refractivity (Wildman–Crippen MR) is 85.8 cm³/mol. The number of aromatic nitrogens is 2. The highest BCUT2D eigenvalue weighted by atomic mass is 35.5. The quantitative estimate of drug-likeness (QED) is 0.671. The van der Waals surface area contributed by atoms with E-state index in [-0.39, 0.29) is 22.2 Å². The summed E-state index contributed by atoms with van der Waals surface area (Å²) in [6, 6.07) is 13.9. The number of anilines is 1. The average Bonchev–Trinajstić information content (AvgIpc) is 2.87. The lowest BCUT2D eigenvalue weighted by atomic mass is 10.2. The van der Waals surface area contributed by atoms with E-state index in [0.717, 1.165) is 5.56 Å². The van der Waals surface area contributed by atoms with Gasteiger partial charge < -0.3 is 10.7 Å². The molecule has 0 atom stereocenters. The van der Waals surface area contributed by atoms with E-state index in [1.165, 1.54) is 12.1 Å². The van der Waals surface area contributed by atoms with Crippen LogP contribution in [-0.2, 0) is 0 Å². The Labute approximate surface area is 132 Å². The van der Waals surface area contributed by atoms with Gasteiger partial charge in [0.15, 0.2) is 5.82 Å². The van der Waals surface area contributed by atoms with E-state index >= 15 is 0 Å². The van der Waals surface area contributed by atoms with Crippen LogP contribution in [0.5, 0.6) is 0 Å². The van der Waals surface area contributed by atoms with Crippen LogP contribution in [0.4, 0.5) is 10.2 Å². The second-order valence-corrected chi connectivity index (χ2v) is 4.97. The smallest absolute Gasteiger partial charge is 0.158 e. The number of nitrogens with zero attached hydrogens (tertiary/aromatic N) is 1. The largest absolute Gasteiger partial charge is 0.381 e. The first kappa shape index (κ1) is 14.2. The Morgan fingerprint density at radius 2 is 1.82 bits per heavy atom. The molecule has 0 radical (unpaired) electrons. The third-order valence-corrected chi connectivity index (χ3v) is 3.35. The van der Waals surface area contributed by atoms with Crippen molar-refractivity contribution in [1.82, 2.24) is 9.97 Å². The van der Waals surface area contributed by atoms with Crippen molar-refractivity contribution in [3.63, 3.8) is 0 Å². The van der Waals surface area contributed by atoms with Crippen molar-refractivity contribution in [3.8, 4) is 23.2 Å². The Kier molecular flexibility index (Phi) is 3.82. The maximum atomic E-state index is 13.9. The first-order chi connectivity index (χ1) is 10.6. The molecule has 0 aliphatic rings. The number of nitrogen functional groups attached to an aromatic ring is 1. The van der Waals surface area contributed by atoms with Gasteiger partial charge in [-0.15, -0.1) is 0 Å². The number of rotatable bonds is 1. The van der Waals surface area contributed by atoms with Gasteiger partial charge in [0.2, 0.25) is 0 Å². The van der Waals surface area contributed by atoms with Gasteiger partial charge in [-0.25, -0.2) is 9.37 Å². The number of nitrogens with two attached hydrogens (primary N) is 1. The molecule has 5 heteroatoms. The number of aromatic amines is 1. The van der Waals surface area contributed by atoms with Crippen LogP contribution in [0.15, 0.2) is 48.5 Å². The molecule has 108 valence electrons. The van der Waals surface area contributed by atoms with E-state index in [2.05, 4.69) is 21.8 Å². The van der Waals surface area contributed by atoms with Gasteiger partial charge in [0.1, 0.15) is 17.3 Å². The summed E-state index contributed by atoms with van der Waals surface area (Å²) >= 11 is 6.02. The zero-order valence-corrected chi connectivity index (χ0v) is 12.2. The molecule has 0 aliphatic carbocycles. The number of nitrogens with one attached hydrogen (secondary N) is 1. The summed E-state index contributed by atoms with van der Waals surface area (Å²) in [6.45, 7) is 0. The summed E-state index contributed by atoms with van der Waals surface area (Å²) in [5, 5.41) is 0.260. The van der Waals surface area contributed by atoms with Gasteiger partial charge in [-0.2, -0.15) is 0 Å². The summed E-state index contributed by atoms with van der Waals surface area (Å²) in [4.78, 5) is 7.03. The highest BCUT2D eigenvalue weighted by molar-refractivity contribution is 6.33. The molecule has 3 rings (SSSR count). The van der Waals surface area contributed by atoms with Crippen LogP contribution in [0, 0.1) is 17.7 Å². The normalized spacial score (nSPS) is 10.1. The summed E-state index contributed by atoms with van der Waals surface area (Å²) in [7, 11) is 0. The van der Waals surface area contributed by atoms with Crippen molar-refractivity contribution in [1.29, 1.82) is 0 Å². The molecule has 0 fully saturated rings. The van der Waals surface area contributed by atoms with Gasteiger partial charge >= 0.3 is 0 Å². The SMILES string of the molecule is Nc1nc(-c2c(F)cccc2Cl)[nH]c1C#Cc1ccccc1. The molecule has 0 bridgehead atoms. The summed E-state index contributed by atoms with van der Waals surface area (Å²) in [5.41, 5.74) is 7.29. The second-order valence-electron chi connectivity index (χ2n) is 4.56. The lowest BCUT2D eigenvalue weighted by Gasteiger charge is -2.01. The minimum absolute atomic E-state index is 0.184. The van der Waals surface area contributed by atoms with Gasteiger partial charge in [-0.3, -0.25) is 0 Å². The standard InChI is InChI=1S/C17H11ClFN3/c18-12-7-4-8-13(19)15(12)17-21-14(16(20)22-17)10-9-11-5-2-1-3-6-11/h1-8H,20H2,(H,21,22). The van der Waals surface area contributed by atoms with E-state index < -0.39 is 5.82 Å². The fourth-order valence-corrected chi connectivity index (χ4v) is 2.23. The highest BCUT2D eigenvalue weighted by Crippen LogP contribution is 2.29. The summed E-state index contributed by atoms with van der Waals surface area (Å²) in [5.74, 6) is 5.87. The van der Waals surface area contributed by atoms with Crippen LogP contribution in [0.1, 0.15) is 11.3 Å². The third kappa shape index (κ3) is 2.80. The average molecular weight is 312 g/mol. The Hall–Kier alpha value is -2.77. The van der Waals surface area contributed by atoms with Gasteiger partial charge in [0.25, 0.3) is 0 Å². The molecule has 0 amide bonds. The van der Waals surface area contributed by atoms with Crippen molar-refractivity contribution in [2.24, 2.45) is 0 Å². The van der Waals surface area contributed by atoms with Gasteiger partial charge in [0.05, 0.1) is 10.6 Å². The van der Waals surface area contributed by atoms with E-state index in [9.17, 15) is 4.39 Å². The highest BCUT2D eigenvalue weighted by Gasteiger charge is 2.14. The minimum atomic E-state index is -0.469. The first-order valence-electron chi connectivity index (χ1n) is 6.52. The van der Waals surface area contributed by atoms with Crippen LogP contribution < -0.4 is 5.73 Å². The van der Waals surface area contributed by atoms with Gasteiger partial charge in [0, 0.05) is 5.56 Å². The van der Waals surface area contributed by atoms with Crippen LogP contribution in [0.2, 0.25) is 5.02 Å². The molecule has 0 saturated heterocycles. The number of hydrogen-bond donors (Lipinski definition) is 2. The number of imidazole rings is 1. The third-order valence-electron chi connectivity index (χ3n) is 3.04. The van der Waals surface area contributed by atoms with E-state index in [0.29, 0.717) is 5.69 Å². The fourth-order valence-electron chi connectivity index (χ4n) is 1.98. The van der Waals surface area contributed by atoms with Crippen molar-refractivity contribution in [3.05, 3.63) is 70.6 Å². The van der Waals surface area contributed by atoms with Crippen molar-refractivity contribution < 1.29 is 4.39 Å². The zero-order chi connectivity index (χ0) is 15.5. The Bertz CT molecular complexity index is 856. The van der Waals surface area contributed by atoms with E-state index in [4.69, 9.17) is 17.3 Å². The second kappa shape index (κ2) is 5.92. The zero-order valence-electron chi connectivity index (χ0n) is 11.4. The molecule has 0 saturated carbocycles. The Morgan fingerprint density at radius 1 is 1.05 bits per heavy atom. The molecule has 0 aliphatic heterocycles. The van der Waals surface area contributed by atoms with Crippen LogP contribution in [0.3, 0.4) is 0 Å². The van der Waals surface area contributed by atoms with Crippen molar-refractivity contribution in [2.45, 2.75) is 0 Å². The Balaban J connectivity index is 2.01. The lowest BCUT2D eigenvalue weighted by Crippen LogP contribution is -1.89. The van der Waals surface area contributed by atoms with Crippen LogP contribution in [0.25, 0.3) is 11.4 Å². The molecular formula is C17H11ClFN3. The molecule has 3 nitrogen and oxygen atoms in total. The van der Waals surface area contributed by atoms with Gasteiger partial charge in [-0.1, -0.05) is 41.8 Å². The lowest BCUT2D eigenvalue weighted by molar-refractivity contribution is 0.630. The van der Waals surface area contributed by atoms with Crippen LogP contribution in [-0.4, -0.2) is 9.97 Å². The fraction of sp³-hybridized carbons (Fsp3) is 0. The molecule has 0 unspecified atom stereocenters. The predicted octanol–water partition coefficient (Wildman–Crippen LogP) is 3.85. The summed E-state index contributed by atoms with van der Waals surface area (Å²) < 4.78 is 13.9. The number of hydrogen-bond acceptors (Lipinski definition) is 2. The first-order valence-corrected chi connectivity index (χ1v) is 6.90. The molecule has 1 heterocycles. The molecular weight excluding hydrogens is 301 g/mol. The maximum absolute atomic E-state index is 13.9. The minimum Gasteiger partial charge on any atom is -0.381 e. The Morgan fingerprint density at radius 3 is 2.55 bits per heavy atom. The van der Waals surface area contributed by atoms with Crippen molar-refractivity contribution >= 4 is 17.4 Å². The molecule has 22 heavy (non-hydrogen) atoms. The van der Waals surface area contributed by atoms with Gasteiger partial charge in [-0.05, 0) is 30.2 Å². The molecule has 1 aromatic heterocycles. The monoisotopic (exact) mass is 311 g/mol. The van der Waals surface area contributed by atoms with E-state index in [1.807, 2.05) is 30.3 Å². The number of benzene rings is 2. The topological polar surface area (TPSA) is 54.7 Å². The van der Waals surface area contributed by atoms with Crippen molar-refractivity contribution in [2.75, 3.05) is 5.73 Å². The molecule has 3 N–H and O–H groups in total. The summed E-state index contributed by atoms with van der Waals surface area (Å²) in [6.07, 6.45) is 0. The van der Waals surface area contributed by atoms with E-state index in [1.54, 1.807) is 6.07 Å². The molecule has 2 aromatic carbocycles. The number of halogens is 2. The van der Waals surface area contributed by atoms with Crippen LogP contribution >= 0.6 is 11.6 Å². The molecule has 0 spiro atoms. The maximum Gasteiger partial charge on any atom is 0.158 e.